The maximum Gasteiger partial charge on any atom is 0.435 e. The number of rotatable bonds is 4. The highest BCUT2D eigenvalue weighted by atomic mass is 32.2. The summed E-state index contributed by atoms with van der Waals surface area (Å²) in [6.45, 7) is -0.0169. The van der Waals surface area contributed by atoms with Gasteiger partial charge in [-0.15, -0.1) is 4.09 Å². The summed E-state index contributed by atoms with van der Waals surface area (Å²) in [6, 6.07) is 6.22. The van der Waals surface area contributed by atoms with Gasteiger partial charge in [0.25, 0.3) is 10.0 Å². The van der Waals surface area contributed by atoms with Crippen LogP contribution >= 0.6 is 0 Å². The number of halogens is 4. The van der Waals surface area contributed by atoms with Gasteiger partial charge in [-0.2, -0.15) is 18.3 Å². The van der Waals surface area contributed by atoms with E-state index in [2.05, 4.69) is 10.4 Å². The smallest absolute Gasteiger partial charge is 0.330 e. The third-order valence-corrected chi connectivity index (χ3v) is 7.77. The van der Waals surface area contributed by atoms with Gasteiger partial charge in [0, 0.05) is 11.6 Å². The van der Waals surface area contributed by atoms with Gasteiger partial charge in [-0.3, -0.25) is 9.80 Å². The quantitative estimate of drug-likeness (QED) is 0.648. The molecule has 0 radical (unpaired) electrons. The fraction of sp³-hybridized carbons (Fsp3) is 0.524. The SMILES string of the molecule is CN(C)[C@]1(c2cccc(F)c2)CC[C@]2(CC1)CN(c1cc(C(F)(F)F)nn1S(C)(=O)=O)C(=O)N2. The van der Waals surface area contributed by atoms with Gasteiger partial charge in [0.2, 0.25) is 0 Å². The van der Waals surface area contributed by atoms with Crippen molar-refractivity contribution < 1.29 is 30.8 Å². The normalized spacial score (nSPS) is 25.9. The molecule has 1 aliphatic heterocycles. The van der Waals surface area contributed by atoms with E-state index in [1.165, 1.54) is 12.1 Å². The zero-order valence-corrected chi connectivity index (χ0v) is 19.7. The summed E-state index contributed by atoms with van der Waals surface area (Å²) in [7, 11) is -0.415. The largest absolute Gasteiger partial charge is 0.435 e. The Hall–Kier alpha value is -2.67. The zero-order valence-electron chi connectivity index (χ0n) is 18.9. The lowest BCUT2D eigenvalue weighted by Gasteiger charge is -2.48. The maximum absolute atomic E-state index is 13.9. The third kappa shape index (κ3) is 4.15. The number of amides is 2. The zero-order chi connectivity index (χ0) is 25.1. The van der Waals surface area contributed by atoms with Crippen molar-refractivity contribution in [1.82, 2.24) is 19.4 Å². The summed E-state index contributed by atoms with van der Waals surface area (Å²) in [6.07, 6.45) is -2.13. The van der Waals surface area contributed by atoms with E-state index >= 15 is 0 Å². The van der Waals surface area contributed by atoms with E-state index in [0.29, 0.717) is 31.7 Å². The second kappa shape index (κ2) is 7.94. The lowest BCUT2D eigenvalue weighted by Crippen LogP contribution is -2.54. The fourth-order valence-electron chi connectivity index (χ4n) is 5.01. The van der Waals surface area contributed by atoms with Crippen molar-refractivity contribution in [2.45, 2.75) is 42.9 Å². The standard InChI is InChI=1S/C21H25F4N5O3S/c1-28(2)20(14-5-4-6-15(22)11-14)9-7-19(8-10-20)13-29(18(31)26-19)17-12-16(21(23,24)25)27-30(17)34(3,32)33/h4-6,11-12H,7-10,13H2,1-3H3,(H,26,31)/t19-,20+. The molecule has 186 valence electrons. The number of hydrogen-bond donors (Lipinski definition) is 1. The van der Waals surface area contributed by atoms with Crippen LogP contribution in [0.5, 0.6) is 0 Å². The number of aromatic nitrogens is 2. The average molecular weight is 504 g/mol. The van der Waals surface area contributed by atoms with Crippen molar-refractivity contribution in [1.29, 1.82) is 0 Å². The summed E-state index contributed by atoms with van der Waals surface area (Å²) < 4.78 is 78.1. The van der Waals surface area contributed by atoms with E-state index in [9.17, 15) is 30.8 Å². The van der Waals surface area contributed by atoms with Crippen molar-refractivity contribution in [2.75, 3.05) is 31.8 Å². The Bertz CT molecular complexity index is 1220. The molecule has 2 aliphatic rings. The number of hydrogen-bond acceptors (Lipinski definition) is 5. The van der Waals surface area contributed by atoms with E-state index in [0.717, 1.165) is 16.7 Å². The van der Waals surface area contributed by atoms with Crippen LogP contribution < -0.4 is 10.2 Å². The number of urea groups is 1. The van der Waals surface area contributed by atoms with E-state index in [4.69, 9.17) is 0 Å². The lowest BCUT2D eigenvalue weighted by atomic mass is 9.69. The molecule has 0 atom stereocenters. The molecule has 1 saturated carbocycles. The van der Waals surface area contributed by atoms with Gasteiger partial charge in [0.15, 0.2) is 11.5 Å². The highest BCUT2D eigenvalue weighted by Crippen LogP contribution is 2.46. The number of carbonyl (C=O) groups excluding carboxylic acids is 1. The van der Waals surface area contributed by atoms with Crippen LogP contribution in [0.1, 0.15) is 36.9 Å². The molecule has 1 aromatic carbocycles. The van der Waals surface area contributed by atoms with Crippen molar-refractivity contribution in [3.8, 4) is 0 Å². The summed E-state index contributed by atoms with van der Waals surface area (Å²) in [5.41, 5.74) is -1.85. The van der Waals surface area contributed by atoms with Gasteiger partial charge in [0.05, 0.1) is 18.3 Å². The predicted molar refractivity (Wildman–Crippen MR) is 116 cm³/mol. The van der Waals surface area contributed by atoms with Crippen LogP contribution in [0.4, 0.5) is 28.2 Å². The minimum atomic E-state index is -4.88. The van der Waals surface area contributed by atoms with Crippen LogP contribution in [0.2, 0.25) is 0 Å². The first-order valence-electron chi connectivity index (χ1n) is 10.6. The minimum absolute atomic E-state index is 0.0169. The molecule has 1 saturated heterocycles. The van der Waals surface area contributed by atoms with Gasteiger partial charge >= 0.3 is 12.2 Å². The lowest BCUT2D eigenvalue weighted by molar-refractivity contribution is -0.141. The summed E-state index contributed by atoms with van der Waals surface area (Å²) in [5, 5.41) is 6.06. The molecule has 8 nitrogen and oxygen atoms in total. The number of carbonyl (C=O) groups is 1. The second-order valence-electron chi connectivity index (χ2n) is 9.22. The molecule has 2 aromatic rings. The van der Waals surface area contributed by atoms with E-state index in [1.54, 1.807) is 6.07 Å². The van der Waals surface area contributed by atoms with Crippen molar-refractivity contribution >= 4 is 21.9 Å². The average Bonchev–Trinajstić information content (AvgIpc) is 3.30. The van der Waals surface area contributed by atoms with Crippen LogP contribution in [0.3, 0.4) is 0 Å². The molecule has 1 aliphatic carbocycles. The van der Waals surface area contributed by atoms with Gasteiger partial charge in [-0.05, 0) is 57.5 Å². The minimum Gasteiger partial charge on any atom is -0.330 e. The molecule has 2 amide bonds. The molecule has 2 fully saturated rings. The Morgan fingerprint density at radius 2 is 1.76 bits per heavy atom. The third-order valence-electron chi connectivity index (χ3n) is 6.87. The molecule has 34 heavy (non-hydrogen) atoms. The number of alkyl halides is 3. The second-order valence-corrected chi connectivity index (χ2v) is 11.0. The highest BCUT2D eigenvalue weighted by Gasteiger charge is 2.51. The van der Waals surface area contributed by atoms with Crippen molar-refractivity contribution in [2.24, 2.45) is 0 Å². The first-order chi connectivity index (χ1) is 15.7. The maximum atomic E-state index is 13.9. The van der Waals surface area contributed by atoms with Gasteiger partial charge in [-0.1, -0.05) is 12.1 Å². The molecule has 13 heteroatoms. The summed E-state index contributed by atoms with van der Waals surface area (Å²) in [4.78, 5) is 15.8. The van der Waals surface area contributed by atoms with Crippen LogP contribution in [0, 0.1) is 5.82 Å². The first-order valence-corrected chi connectivity index (χ1v) is 12.4. The van der Waals surface area contributed by atoms with Gasteiger partial charge in [0.1, 0.15) is 5.82 Å². The van der Waals surface area contributed by atoms with Crippen molar-refractivity contribution in [3.63, 3.8) is 0 Å². The monoisotopic (exact) mass is 503 g/mol. The van der Waals surface area contributed by atoms with Crippen molar-refractivity contribution in [3.05, 3.63) is 47.4 Å². The Kier molecular flexibility index (Phi) is 5.71. The number of benzene rings is 1. The molecule has 0 unspecified atom stereocenters. The van der Waals surface area contributed by atoms with Crippen LogP contribution in [0.15, 0.2) is 30.3 Å². The molecule has 4 rings (SSSR count). The van der Waals surface area contributed by atoms with Gasteiger partial charge in [-0.25, -0.2) is 17.6 Å². The Morgan fingerprint density at radius 3 is 2.29 bits per heavy atom. The molecule has 0 bridgehead atoms. The molecule has 1 spiro atoms. The summed E-state index contributed by atoms with van der Waals surface area (Å²) >= 11 is 0. The molecular weight excluding hydrogens is 478 g/mol. The predicted octanol–water partition coefficient (Wildman–Crippen LogP) is 3.15. The Labute approximate surface area is 194 Å². The van der Waals surface area contributed by atoms with Crippen LogP contribution in [0.25, 0.3) is 0 Å². The number of nitrogens with zero attached hydrogens (tertiary/aromatic N) is 4. The van der Waals surface area contributed by atoms with E-state index < -0.39 is 44.8 Å². The Morgan fingerprint density at radius 1 is 1.12 bits per heavy atom. The Balaban J connectivity index is 1.64. The molecule has 1 N–H and O–H groups in total. The van der Waals surface area contributed by atoms with Crippen LogP contribution in [-0.2, 0) is 21.7 Å². The topological polar surface area (TPSA) is 87.5 Å². The fourth-order valence-corrected chi connectivity index (χ4v) is 5.74. The van der Waals surface area contributed by atoms with Crippen LogP contribution in [-0.4, -0.2) is 61.0 Å². The highest BCUT2D eigenvalue weighted by molar-refractivity contribution is 7.89. The van der Waals surface area contributed by atoms with E-state index in [-0.39, 0.29) is 16.4 Å². The summed E-state index contributed by atoms with van der Waals surface area (Å²) in [5.74, 6) is -0.812. The van der Waals surface area contributed by atoms with E-state index in [1.807, 2.05) is 25.1 Å². The molecular formula is C21H25F4N5O3S. The number of anilines is 1. The first kappa shape index (κ1) is 24.5. The molecule has 1 aromatic heterocycles. The van der Waals surface area contributed by atoms with Gasteiger partial charge < -0.3 is 5.32 Å². The molecule has 2 heterocycles. The number of nitrogens with one attached hydrogen (secondary N) is 1.